The van der Waals surface area contributed by atoms with Crippen LogP contribution in [0.25, 0.3) is 5.76 Å². The monoisotopic (exact) mass is 480 g/mol. The van der Waals surface area contributed by atoms with Gasteiger partial charge in [-0.2, -0.15) is 0 Å². The third-order valence-corrected chi connectivity index (χ3v) is 6.32. The van der Waals surface area contributed by atoms with Gasteiger partial charge in [0.1, 0.15) is 5.76 Å². The molecule has 188 valence electrons. The van der Waals surface area contributed by atoms with E-state index in [2.05, 4.69) is 18.7 Å². The lowest BCUT2D eigenvalue weighted by Gasteiger charge is -2.27. The minimum Gasteiger partial charge on any atom is -0.507 e. The van der Waals surface area contributed by atoms with Gasteiger partial charge in [-0.1, -0.05) is 57.2 Å². The first-order valence-electron chi connectivity index (χ1n) is 12.3. The fraction of sp³-hybridized carbons (Fsp3) is 0.429. The Hall–Kier alpha value is -3.32. The van der Waals surface area contributed by atoms with E-state index in [1.54, 1.807) is 48.4 Å². The van der Waals surface area contributed by atoms with E-state index in [-0.39, 0.29) is 11.3 Å². The summed E-state index contributed by atoms with van der Waals surface area (Å²) in [6, 6.07) is 13.5. The molecule has 1 aliphatic heterocycles. The highest BCUT2D eigenvalue weighted by Crippen LogP contribution is 2.42. The lowest BCUT2D eigenvalue weighted by molar-refractivity contribution is -0.140. The molecule has 1 fully saturated rings. The molecule has 1 N–H and O–H groups in total. The summed E-state index contributed by atoms with van der Waals surface area (Å²) in [7, 11) is 1.56. The van der Waals surface area contributed by atoms with Crippen LogP contribution < -0.4 is 9.47 Å². The first-order chi connectivity index (χ1) is 17.0. The Bertz CT molecular complexity index is 1050. The van der Waals surface area contributed by atoms with Crippen LogP contribution in [0.4, 0.5) is 0 Å². The Balaban J connectivity index is 2.05. The van der Waals surface area contributed by atoms with E-state index in [1.807, 2.05) is 19.1 Å². The van der Waals surface area contributed by atoms with Crippen LogP contribution in [0, 0.1) is 0 Å². The van der Waals surface area contributed by atoms with Gasteiger partial charge in [0.25, 0.3) is 11.7 Å². The largest absolute Gasteiger partial charge is 0.507 e. The minimum absolute atomic E-state index is 0.0910. The number of aliphatic hydroxyl groups is 1. The minimum atomic E-state index is -0.721. The number of aliphatic hydroxyl groups excluding tert-OH is 1. The van der Waals surface area contributed by atoms with Crippen LogP contribution in [0.15, 0.2) is 54.1 Å². The molecule has 1 atom stereocenters. The lowest BCUT2D eigenvalue weighted by atomic mass is 9.95. The molecule has 0 spiro atoms. The third kappa shape index (κ3) is 5.85. The summed E-state index contributed by atoms with van der Waals surface area (Å²) >= 11 is 0. The Morgan fingerprint density at radius 1 is 1.03 bits per heavy atom. The summed E-state index contributed by atoms with van der Waals surface area (Å²) in [5.74, 6) is -0.337. The van der Waals surface area contributed by atoms with Crippen LogP contribution in [0.2, 0.25) is 0 Å². The van der Waals surface area contributed by atoms with Gasteiger partial charge < -0.3 is 24.4 Å². The van der Waals surface area contributed by atoms with Crippen molar-refractivity contribution in [2.24, 2.45) is 0 Å². The van der Waals surface area contributed by atoms with Crippen molar-refractivity contribution in [2.75, 3.05) is 39.9 Å². The van der Waals surface area contributed by atoms with Crippen molar-refractivity contribution in [3.8, 4) is 11.5 Å². The number of carbonyl (C=O) groups is 2. The van der Waals surface area contributed by atoms with E-state index in [0.29, 0.717) is 42.2 Å². The highest BCUT2D eigenvalue weighted by Gasteiger charge is 2.46. The molecule has 0 unspecified atom stereocenters. The SMILES string of the molecule is CCCOc1ccc([C@H]2C(=C(O)c3ccccc3)C(=O)C(=O)N2CCCN(CC)CC)cc1OC. The van der Waals surface area contributed by atoms with Crippen LogP contribution in [-0.4, -0.2) is 66.5 Å². The number of hydrogen-bond donors (Lipinski definition) is 1. The van der Waals surface area contributed by atoms with Crippen molar-refractivity contribution >= 4 is 17.4 Å². The molecular formula is C28H36N2O5. The zero-order valence-electron chi connectivity index (χ0n) is 21.1. The van der Waals surface area contributed by atoms with Crippen molar-refractivity contribution < 1.29 is 24.2 Å². The zero-order valence-corrected chi connectivity index (χ0v) is 21.1. The molecule has 0 bridgehead atoms. The smallest absolute Gasteiger partial charge is 0.295 e. The molecule has 7 nitrogen and oxygen atoms in total. The van der Waals surface area contributed by atoms with Gasteiger partial charge in [-0.3, -0.25) is 9.59 Å². The molecule has 2 aromatic rings. The Morgan fingerprint density at radius 2 is 1.74 bits per heavy atom. The van der Waals surface area contributed by atoms with E-state index in [0.717, 1.165) is 26.1 Å². The summed E-state index contributed by atoms with van der Waals surface area (Å²) < 4.78 is 11.3. The summed E-state index contributed by atoms with van der Waals surface area (Å²) in [6.07, 6.45) is 1.57. The molecule has 1 saturated heterocycles. The van der Waals surface area contributed by atoms with Gasteiger partial charge in [0.15, 0.2) is 11.5 Å². The maximum absolute atomic E-state index is 13.2. The molecular weight excluding hydrogens is 444 g/mol. The number of hydrogen-bond acceptors (Lipinski definition) is 6. The molecule has 2 aromatic carbocycles. The lowest BCUT2D eigenvalue weighted by Crippen LogP contribution is -2.33. The summed E-state index contributed by atoms with van der Waals surface area (Å²) in [6.45, 7) is 9.83. The number of rotatable bonds is 12. The highest BCUT2D eigenvalue weighted by molar-refractivity contribution is 6.46. The Labute approximate surface area is 207 Å². The van der Waals surface area contributed by atoms with E-state index in [4.69, 9.17) is 9.47 Å². The van der Waals surface area contributed by atoms with Crippen molar-refractivity contribution in [1.29, 1.82) is 0 Å². The fourth-order valence-electron chi connectivity index (χ4n) is 4.40. The van der Waals surface area contributed by atoms with Gasteiger partial charge in [0.2, 0.25) is 0 Å². The van der Waals surface area contributed by atoms with E-state index in [1.165, 1.54) is 0 Å². The Morgan fingerprint density at radius 3 is 2.37 bits per heavy atom. The van der Waals surface area contributed by atoms with Crippen molar-refractivity contribution in [3.63, 3.8) is 0 Å². The molecule has 0 aromatic heterocycles. The first kappa shape index (κ1) is 26.3. The van der Waals surface area contributed by atoms with Crippen LogP contribution >= 0.6 is 0 Å². The Kier molecular flexibility index (Phi) is 9.32. The molecule has 7 heteroatoms. The topological polar surface area (TPSA) is 79.3 Å². The number of methoxy groups -OCH3 is 1. The van der Waals surface area contributed by atoms with Gasteiger partial charge in [0, 0.05) is 12.1 Å². The molecule has 1 heterocycles. The molecule has 1 aliphatic rings. The summed E-state index contributed by atoms with van der Waals surface area (Å²) in [5.41, 5.74) is 1.27. The quantitative estimate of drug-likeness (QED) is 0.271. The van der Waals surface area contributed by atoms with Gasteiger partial charge >= 0.3 is 0 Å². The predicted octanol–water partition coefficient (Wildman–Crippen LogP) is 4.64. The summed E-state index contributed by atoms with van der Waals surface area (Å²) in [4.78, 5) is 30.2. The zero-order chi connectivity index (χ0) is 25.4. The average molecular weight is 481 g/mol. The van der Waals surface area contributed by atoms with Gasteiger partial charge in [-0.05, 0) is 50.2 Å². The number of ether oxygens (including phenoxy) is 2. The van der Waals surface area contributed by atoms with Crippen LogP contribution in [0.3, 0.4) is 0 Å². The number of Topliss-reactive ketones (excluding diaryl/α,β-unsaturated/α-hetero) is 1. The normalized spacial score (nSPS) is 17.3. The molecule has 0 saturated carbocycles. The number of carbonyl (C=O) groups excluding carboxylic acids is 2. The van der Waals surface area contributed by atoms with Gasteiger partial charge in [-0.25, -0.2) is 0 Å². The first-order valence-corrected chi connectivity index (χ1v) is 12.3. The van der Waals surface area contributed by atoms with Crippen molar-refractivity contribution in [2.45, 2.75) is 39.7 Å². The maximum Gasteiger partial charge on any atom is 0.295 e. The fourth-order valence-corrected chi connectivity index (χ4v) is 4.40. The van der Waals surface area contributed by atoms with Gasteiger partial charge in [0.05, 0.1) is 25.3 Å². The number of benzene rings is 2. The van der Waals surface area contributed by atoms with E-state index < -0.39 is 17.7 Å². The van der Waals surface area contributed by atoms with Gasteiger partial charge in [-0.15, -0.1) is 0 Å². The van der Waals surface area contributed by atoms with Crippen LogP contribution in [0.1, 0.15) is 50.8 Å². The number of likely N-dealkylation sites (tertiary alicyclic amines) is 1. The molecule has 0 radical (unpaired) electrons. The average Bonchev–Trinajstić information content (AvgIpc) is 3.14. The molecule has 35 heavy (non-hydrogen) atoms. The standard InChI is InChI=1S/C28H36N2O5/c1-5-18-35-22-15-14-21(19-23(22)34-4)25-24(26(31)20-12-9-8-10-13-20)27(32)28(33)30(25)17-11-16-29(6-2)7-3/h8-10,12-15,19,25,31H,5-7,11,16-18H2,1-4H3/t25-/m0/s1. The van der Waals surface area contributed by atoms with Crippen LogP contribution in [0.5, 0.6) is 11.5 Å². The third-order valence-electron chi connectivity index (χ3n) is 6.32. The van der Waals surface area contributed by atoms with E-state index >= 15 is 0 Å². The number of nitrogens with zero attached hydrogens (tertiary/aromatic N) is 2. The maximum atomic E-state index is 13.2. The molecule has 1 amide bonds. The van der Waals surface area contributed by atoms with Crippen LogP contribution in [-0.2, 0) is 9.59 Å². The predicted molar refractivity (Wildman–Crippen MR) is 137 cm³/mol. The second kappa shape index (κ2) is 12.4. The summed E-state index contributed by atoms with van der Waals surface area (Å²) in [5, 5.41) is 11.2. The second-order valence-corrected chi connectivity index (χ2v) is 8.50. The highest BCUT2D eigenvalue weighted by atomic mass is 16.5. The molecule has 0 aliphatic carbocycles. The van der Waals surface area contributed by atoms with Crippen molar-refractivity contribution in [3.05, 3.63) is 65.2 Å². The second-order valence-electron chi connectivity index (χ2n) is 8.50. The number of amides is 1. The van der Waals surface area contributed by atoms with Crippen molar-refractivity contribution in [1.82, 2.24) is 9.80 Å². The molecule has 3 rings (SSSR count). The van der Waals surface area contributed by atoms with E-state index in [9.17, 15) is 14.7 Å². The number of ketones is 1.